The molecule has 1 aromatic rings. The molecule has 0 aromatic heterocycles. The van der Waals surface area contributed by atoms with Crippen molar-refractivity contribution in [1.82, 2.24) is 4.90 Å². The van der Waals surface area contributed by atoms with E-state index in [1.165, 1.54) is 18.2 Å². The highest BCUT2D eigenvalue weighted by Crippen LogP contribution is 2.23. The second-order valence-electron chi connectivity index (χ2n) is 4.88. The maximum absolute atomic E-state index is 12.2. The topological polar surface area (TPSA) is 80.5 Å². The van der Waals surface area contributed by atoms with E-state index < -0.39 is 15.6 Å². The van der Waals surface area contributed by atoms with E-state index in [9.17, 15) is 13.2 Å². The zero-order chi connectivity index (χ0) is 14.8. The largest absolute Gasteiger partial charge is 0.398 e. The number of nitrogens with two attached hydrogens (primary N) is 1. The van der Waals surface area contributed by atoms with Gasteiger partial charge >= 0.3 is 0 Å². The number of rotatable bonds is 3. The molecule has 1 saturated heterocycles. The van der Waals surface area contributed by atoms with Crippen LogP contribution in [0.15, 0.2) is 23.1 Å². The molecule has 1 fully saturated rings. The fourth-order valence-electron chi connectivity index (χ4n) is 2.18. The number of anilines is 1. The molecule has 0 spiro atoms. The average molecular weight is 317 g/mol. The summed E-state index contributed by atoms with van der Waals surface area (Å²) in [4.78, 5) is 13.7. The van der Waals surface area contributed by atoms with Gasteiger partial charge in [0.05, 0.1) is 15.6 Å². The fourth-order valence-corrected chi connectivity index (χ4v) is 3.67. The van der Waals surface area contributed by atoms with E-state index >= 15 is 0 Å². The minimum Gasteiger partial charge on any atom is -0.398 e. The first-order valence-corrected chi connectivity index (χ1v) is 8.49. The smallest absolute Gasteiger partial charge is 0.238 e. The van der Waals surface area contributed by atoms with Gasteiger partial charge < -0.3 is 10.6 Å². The summed E-state index contributed by atoms with van der Waals surface area (Å²) < 4.78 is 24.4. The van der Waals surface area contributed by atoms with Crippen molar-refractivity contribution in [2.45, 2.75) is 24.2 Å². The van der Waals surface area contributed by atoms with Gasteiger partial charge in [-0.3, -0.25) is 4.79 Å². The van der Waals surface area contributed by atoms with Gasteiger partial charge in [-0.25, -0.2) is 8.42 Å². The van der Waals surface area contributed by atoms with Crippen molar-refractivity contribution >= 4 is 33.0 Å². The van der Waals surface area contributed by atoms with Crippen molar-refractivity contribution in [3.8, 4) is 0 Å². The summed E-state index contributed by atoms with van der Waals surface area (Å²) in [7, 11) is -3.68. The molecule has 2 N–H and O–H groups in total. The van der Waals surface area contributed by atoms with E-state index in [2.05, 4.69) is 0 Å². The van der Waals surface area contributed by atoms with Crippen LogP contribution in [0.4, 0.5) is 5.69 Å². The van der Waals surface area contributed by atoms with Crippen LogP contribution in [0.25, 0.3) is 0 Å². The van der Waals surface area contributed by atoms with Crippen LogP contribution in [0.5, 0.6) is 0 Å². The van der Waals surface area contributed by atoms with Gasteiger partial charge in [-0.05, 0) is 37.5 Å². The predicted molar refractivity (Wildman–Crippen MR) is 78.3 cm³/mol. The molecule has 1 aromatic carbocycles. The first-order valence-electron chi connectivity index (χ1n) is 6.46. The van der Waals surface area contributed by atoms with Gasteiger partial charge in [-0.2, -0.15) is 0 Å². The molecule has 1 aliphatic heterocycles. The molecule has 5 nitrogen and oxygen atoms in total. The Kier molecular flexibility index (Phi) is 4.55. The number of hydrogen-bond acceptors (Lipinski definition) is 4. The third-order valence-corrected chi connectivity index (χ3v) is 5.28. The van der Waals surface area contributed by atoms with E-state index in [1.54, 1.807) is 4.90 Å². The Morgan fingerprint density at radius 2 is 1.90 bits per heavy atom. The standard InChI is InChI=1S/C13H17ClN2O3S/c14-11-8-10(4-5-12(11)15)20(18,19)9-13(17)16-6-2-1-3-7-16/h4-5,8H,1-3,6-7,9,15H2. The van der Waals surface area contributed by atoms with E-state index in [4.69, 9.17) is 17.3 Å². The molecule has 0 atom stereocenters. The third kappa shape index (κ3) is 3.43. The number of benzene rings is 1. The minimum atomic E-state index is -3.68. The highest BCUT2D eigenvalue weighted by molar-refractivity contribution is 7.92. The number of nitrogens with zero attached hydrogens (tertiary/aromatic N) is 1. The number of likely N-dealkylation sites (tertiary alicyclic amines) is 1. The van der Waals surface area contributed by atoms with E-state index in [1.807, 2.05) is 0 Å². The molecular weight excluding hydrogens is 300 g/mol. The lowest BCUT2D eigenvalue weighted by Crippen LogP contribution is -2.39. The van der Waals surface area contributed by atoms with Crippen molar-refractivity contribution < 1.29 is 13.2 Å². The van der Waals surface area contributed by atoms with Crippen molar-refractivity contribution in [2.75, 3.05) is 24.6 Å². The third-order valence-electron chi connectivity index (χ3n) is 3.35. The quantitative estimate of drug-likeness (QED) is 0.861. The highest BCUT2D eigenvalue weighted by atomic mass is 35.5. The Hall–Kier alpha value is -1.27. The zero-order valence-corrected chi connectivity index (χ0v) is 12.6. The lowest BCUT2D eigenvalue weighted by atomic mass is 10.1. The molecule has 20 heavy (non-hydrogen) atoms. The number of carbonyl (C=O) groups excluding carboxylic acids is 1. The SMILES string of the molecule is Nc1ccc(S(=O)(=O)CC(=O)N2CCCCC2)cc1Cl. The molecule has 7 heteroatoms. The number of amides is 1. The molecule has 1 aliphatic rings. The van der Waals surface area contributed by atoms with Gasteiger partial charge in [0, 0.05) is 13.1 Å². The van der Waals surface area contributed by atoms with Gasteiger partial charge in [0.15, 0.2) is 9.84 Å². The maximum Gasteiger partial charge on any atom is 0.238 e. The molecule has 0 unspecified atom stereocenters. The monoisotopic (exact) mass is 316 g/mol. The van der Waals surface area contributed by atoms with Gasteiger partial charge in [0.2, 0.25) is 5.91 Å². The number of sulfone groups is 1. The van der Waals surface area contributed by atoms with E-state index in [0.717, 1.165) is 19.3 Å². The number of carbonyl (C=O) groups is 1. The fraction of sp³-hybridized carbons (Fsp3) is 0.462. The average Bonchev–Trinajstić information content (AvgIpc) is 2.42. The maximum atomic E-state index is 12.2. The molecule has 2 rings (SSSR count). The lowest BCUT2D eigenvalue weighted by molar-refractivity contribution is -0.129. The molecule has 0 aliphatic carbocycles. The van der Waals surface area contributed by atoms with Crippen molar-refractivity contribution in [3.63, 3.8) is 0 Å². The Bertz CT molecular complexity index is 610. The molecule has 0 radical (unpaired) electrons. The zero-order valence-electron chi connectivity index (χ0n) is 11.0. The molecule has 1 amide bonds. The summed E-state index contributed by atoms with van der Waals surface area (Å²) in [5.74, 6) is -0.870. The summed E-state index contributed by atoms with van der Waals surface area (Å²) in [5.41, 5.74) is 5.86. The van der Waals surface area contributed by atoms with Crippen LogP contribution in [0.2, 0.25) is 5.02 Å². The van der Waals surface area contributed by atoms with Gasteiger partial charge in [0.1, 0.15) is 5.75 Å². The van der Waals surface area contributed by atoms with Crippen LogP contribution in [0.1, 0.15) is 19.3 Å². The first-order chi connectivity index (χ1) is 9.40. The molecular formula is C13H17ClN2O3S. The number of hydrogen-bond donors (Lipinski definition) is 1. The summed E-state index contributed by atoms with van der Waals surface area (Å²) >= 11 is 5.82. The van der Waals surface area contributed by atoms with Gasteiger partial charge in [-0.15, -0.1) is 0 Å². The highest BCUT2D eigenvalue weighted by Gasteiger charge is 2.24. The molecule has 0 bridgehead atoms. The lowest BCUT2D eigenvalue weighted by Gasteiger charge is -2.26. The van der Waals surface area contributed by atoms with Crippen LogP contribution < -0.4 is 5.73 Å². The molecule has 1 heterocycles. The van der Waals surface area contributed by atoms with Crippen molar-refractivity contribution in [2.24, 2.45) is 0 Å². The van der Waals surface area contributed by atoms with E-state index in [0.29, 0.717) is 18.8 Å². The number of piperidine rings is 1. The van der Waals surface area contributed by atoms with Crippen molar-refractivity contribution in [3.05, 3.63) is 23.2 Å². The minimum absolute atomic E-state index is 0.0297. The Morgan fingerprint density at radius 1 is 1.25 bits per heavy atom. The van der Waals surface area contributed by atoms with Crippen molar-refractivity contribution in [1.29, 1.82) is 0 Å². The first kappa shape index (κ1) is 15.1. The van der Waals surface area contributed by atoms with Crippen LogP contribution in [0, 0.1) is 0 Å². The van der Waals surface area contributed by atoms with Crippen LogP contribution >= 0.6 is 11.6 Å². The second-order valence-corrected chi connectivity index (χ2v) is 7.28. The Labute approximate surface area is 123 Å². The van der Waals surface area contributed by atoms with E-state index in [-0.39, 0.29) is 15.8 Å². The normalized spacial score (nSPS) is 16.1. The second kappa shape index (κ2) is 6.01. The summed E-state index contributed by atoms with van der Waals surface area (Å²) in [6.45, 7) is 1.27. The van der Waals surface area contributed by atoms with Crippen LogP contribution in [-0.4, -0.2) is 38.1 Å². The summed E-state index contributed by atoms with van der Waals surface area (Å²) in [6.07, 6.45) is 2.95. The Morgan fingerprint density at radius 3 is 2.50 bits per heavy atom. The molecule has 110 valence electrons. The predicted octanol–water partition coefficient (Wildman–Crippen LogP) is 1.71. The van der Waals surface area contributed by atoms with Gasteiger partial charge in [-0.1, -0.05) is 11.6 Å². The summed E-state index contributed by atoms with van der Waals surface area (Å²) in [6, 6.07) is 4.09. The molecule has 0 saturated carbocycles. The van der Waals surface area contributed by atoms with Gasteiger partial charge in [0.25, 0.3) is 0 Å². The van der Waals surface area contributed by atoms with Crippen LogP contribution in [0.3, 0.4) is 0 Å². The number of nitrogen functional groups attached to an aromatic ring is 1. The van der Waals surface area contributed by atoms with Crippen LogP contribution in [-0.2, 0) is 14.6 Å². The summed E-state index contributed by atoms with van der Waals surface area (Å²) in [5, 5.41) is 0.177. The number of halogens is 1. The Balaban J connectivity index is 2.13.